The first kappa shape index (κ1) is 29.5. The lowest BCUT2D eigenvalue weighted by Gasteiger charge is -2.33. The average molecular weight is 646 g/mol. The number of nitrogens with zero attached hydrogens (tertiary/aromatic N) is 3. The molecule has 0 fully saturated rings. The van der Waals surface area contributed by atoms with Crippen LogP contribution in [0.25, 0.3) is 16.7 Å². The van der Waals surface area contributed by atoms with Crippen molar-refractivity contribution in [2.45, 2.75) is 43.9 Å². The average Bonchev–Trinajstić information content (AvgIpc) is 3.20. The van der Waals surface area contributed by atoms with E-state index >= 15 is 0 Å². The van der Waals surface area contributed by atoms with Crippen LogP contribution in [-0.4, -0.2) is 22.2 Å². The van der Waals surface area contributed by atoms with Gasteiger partial charge >= 0.3 is 0 Å². The van der Waals surface area contributed by atoms with E-state index in [1.807, 2.05) is 0 Å². The highest BCUT2D eigenvalue weighted by Crippen LogP contribution is 2.47. The first-order valence-electron chi connectivity index (χ1n) is 18.4. The molecule has 1 aromatic heterocycles. The fourth-order valence-corrected chi connectivity index (χ4v) is 9.07. The van der Waals surface area contributed by atoms with Crippen molar-refractivity contribution in [3.05, 3.63) is 196 Å². The summed E-state index contributed by atoms with van der Waals surface area (Å²) in [6.07, 6.45) is 28.5. The smallest absolute Gasteiger partial charge is 0.156 e. The largest absolute Gasteiger partial charge is 0.284 e. The molecule has 0 saturated heterocycles. The molecule has 5 aliphatic carbocycles. The third-order valence-corrected chi connectivity index (χ3v) is 11.6. The summed E-state index contributed by atoms with van der Waals surface area (Å²) in [7, 11) is 0. The lowest BCUT2D eigenvalue weighted by atomic mass is 9.71. The Hall–Kier alpha value is -5.41. The van der Waals surface area contributed by atoms with Gasteiger partial charge in [-0.2, -0.15) is 0 Å². The van der Waals surface area contributed by atoms with Crippen molar-refractivity contribution in [1.29, 1.82) is 0 Å². The van der Waals surface area contributed by atoms with E-state index in [-0.39, 0.29) is 0 Å². The zero-order chi connectivity index (χ0) is 33.0. The molecular weight excluding hydrogens is 607 g/mol. The summed E-state index contributed by atoms with van der Waals surface area (Å²) in [6, 6.07) is 28.9. The Morgan fingerprint density at radius 3 is 2.08 bits per heavy atom. The van der Waals surface area contributed by atoms with Gasteiger partial charge in [-0.25, -0.2) is 9.97 Å². The maximum absolute atomic E-state index is 5.45. The molecule has 4 unspecified atom stereocenters. The Morgan fingerprint density at radius 2 is 1.28 bits per heavy atom. The number of aliphatic imine (C=N–C) groups is 1. The van der Waals surface area contributed by atoms with E-state index in [0.29, 0.717) is 23.7 Å². The van der Waals surface area contributed by atoms with Crippen LogP contribution in [0.4, 0.5) is 0 Å². The summed E-state index contributed by atoms with van der Waals surface area (Å²) < 4.78 is 0. The molecular formula is C47H39N3. The lowest BCUT2D eigenvalue weighted by Crippen LogP contribution is -2.20. The second kappa shape index (κ2) is 12.2. The molecule has 0 amide bonds. The summed E-state index contributed by atoms with van der Waals surface area (Å²) in [5, 5.41) is 0. The SMILES string of the molecule is C1=CC2C=C(c3cc(C4=CC5CCC=CC5c5ccccc54)nc(C4=CC=C(C5=NCCc6ccccc65)CC4)n3)c3ccccc3C2C=C1. The number of allylic oxidation sites excluding steroid dienone is 12. The van der Waals surface area contributed by atoms with Crippen molar-refractivity contribution < 1.29 is 0 Å². The van der Waals surface area contributed by atoms with Crippen LogP contribution in [0.15, 0.2) is 150 Å². The Balaban J connectivity index is 1.13. The molecule has 2 heterocycles. The third kappa shape index (κ3) is 4.98. The van der Waals surface area contributed by atoms with Crippen LogP contribution in [0.1, 0.15) is 88.1 Å². The van der Waals surface area contributed by atoms with Gasteiger partial charge in [0.1, 0.15) is 0 Å². The minimum atomic E-state index is 0.301. The molecule has 4 aromatic rings. The zero-order valence-electron chi connectivity index (χ0n) is 28.2. The predicted octanol–water partition coefficient (Wildman–Crippen LogP) is 10.4. The van der Waals surface area contributed by atoms with Crippen molar-refractivity contribution in [2.75, 3.05) is 6.54 Å². The summed E-state index contributed by atoms with van der Waals surface area (Å²) in [5.41, 5.74) is 16.2. The fourth-order valence-electron chi connectivity index (χ4n) is 9.07. The minimum Gasteiger partial charge on any atom is -0.284 e. The number of aromatic nitrogens is 2. The van der Waals surface area contributed by atoms with Crippen LogP contribution in [0.2, 0.25) is 0 Å². The maximum atomic E-state index is 5.45. The minimum absolute atomic E-state index is 0.301. The monoisotopic (exact) mass is 645 g/mol. The normalized spacial score (nSPS) is 24.3. The quantitative estimate of drug-likeness (QED) is 0.207. The van der Waals surface area contributed by atoms with E-state index in [2.05, 4.69) is 140 Å². The van der Waals surface area contributed by atoms with Gasteiger partial charge < -0.3 is 0 Å². The molecule has 3 nitrogen and oxygen atoms in total. The molecule has 242 valence electrons. The van der Waals surface area contributed by atoms with Crippen LogP contribution in [0.3, 0.4) is 0 Å². The molecule has 4 atom stereocenters. The molecule has 0 radical (unpaired) electrons. The van der Waals surface area contributed by atoms with Gasteiger partial charge in [-0.3, -0.25) is 4.99 Å². The van der Waals surface area contributed by atoms with Crippen molar-refractivity contribution in [1.82, 2.24) is 9.97 Å². The topological polar surface area (TPSA) is 38.1 Å². The summed E-state index contributed by atoms with van der Waals surface area (Å²) in [5.74, 6) is 2.39. The third-order valence-electron chi connectivity index (χ3n) is 11.6. The van der Waals surface area contributed by atoms with Crippen molar-refractivity contribution >= 4 is 22.4 Å². The summed E-state index contributed by atoms with van der Waals surface area (Å²) in [4.78, 5) is 15.9. The zero-order valence-corrected chi connectivity index (χ0v) is 28.2. The molecule has 0 spiro atoms. The van der Waals surface area contributed by atoms with Crippen molar-refractivity contribution in [3.8, 4) is 0 Å². The van der Waals surface area contributed by atoms with Crippen molar-refractivity contribution in [2.24, 2.45) is 16.8 Å². The molecule has 3 heteroatoms. The van der Waals surface area contributed by atoms with Gasteiger partial charge in [0.25, 0.3) is 0 Å². The van der Waals surface area contributed by atoms with Gasteiger partial charge in [0, 0.05) is 41.0 Å². The standard InChI is InChI=1S/C47H39N3/c1-6-16-37-30(11-1)25-26-48-46(37)31-21-23-32(24-22-31)47-49-44(42-27-33-12-2-4-14-35(33)38-17-7-9-19-40(38)42)29-45(50-47)43-28-34-13-3-5-15-36(34)39-18-8-10-20-41(39)43/h1-2,4-12,14-21,23,27-29,33-36H,3,13,22,24-26H2. The Kier molecular flexibility index (Phi) is 7.18. The Bertz CT molecular complexity index is 2300. The molecule has 0 saturated carbocycles. The molecule has 1 aliphatic heterocycles. The second-order valence-corrected chi connectivity index (χ2v) is 14.4. The van der Waals surface area contributed by atoms with E-state index < -0.39 is 0 Å². The fraction of sp³-hybridized carbons (Fsp3) is 0.213. The Labute approximate surface area is 294 Å². The van der Waals surface area contributed by atoms with Crippen LogP contribution in [0.5, 0.6) is 0 Å². The first-order valence-corrected chi connectivity index (χ1v) is 18.4. The van der Waals surface area contributed by atoms with E-state index in [9.17, 15) is 0 Å². The summed E-state index contributed by atoms with van der Waals surface area (Å²) >= 11 is 0. The van der Waals surface area contributed by atoms with Crippen LogP contribution in [-0.2, 0) is 6.42 Å². The van der Waals surface area contributed by atoms with Crippen LogP contribution < -0.4 is 0 Å². The molecule has 6 aliphatic rings. The van der Waals surface area contributed by atoms with Gasteiger partial charge in [0.05, 0.1) is 17.1 Å². The van der Waals surface area contributed by atoms with Crippen LogP contribution in [0, 0.1) is 11.8 Å². The van der Waals surface area contributed by atoms with E-state index in [4.69, 9.17) is 15.0 Å². The summed E-state index contributed by atoms with van der Waals surface area (Å²) in [6.45, 7) is 0.854. The van der Waals surface area contributed by atoms with E-state index in [0.717, 1.165) is 61.6 Å². The molecule has 3 aromatic carbocycles. The molecule has 0 N–H and O–H groups in total. The second-order valence-electron chi connectivity index (χ2n) is 14.4. The first-order chi connectivity index (χ1) is 24.8. The van der Waals surface area contributed by atoms with Gasteiger partial charge in [-0.1, -0.05) is 134 Å². The van der Waals surface area contributed by atoms with E-state index in [1.165, 1.54) is 55.7 Å². The van der Waals surface area contributed by atoms with E-state index in [1.54, 1.807) is 0 Å². The highest BCUT2D eigenvalue weighted by molar-refractivity contribution is 6.14. The van der Waals surface area contributed by atoms with Gasteiger partial charge in [0.2, 0.25) is 0 Å². The number of hydrogen-bond acceptors (Lipinski definition) is 3. The molecule has 10 rings (SSSR count). The highest BCUT2D eigenvalue weighted by Gasteiger charge is 2.32. The maximum Gasteiger partial charge on any atom is 0.156 e. The van der Waals surface area contributed by atoms with Crippen LogP contribution >= 0.6 is 0 Å². The van der Waals surface area contributed by atoms with Crippen molar-refractivity contribution in [3.63, 3.8) is 0 Å². The van der Waals surface area contributed by atoms with Gasteiger partial charge in [0.15, 0.2) is 5.82 Å². The lowest BCUT2D eigenvalue weighted by molar-refractivity contribution is 0.514. The van der Waals surface area contributed by atoms with Gasteiger partial charge in [-0.15, -0.1) is 0 Å². The number of rotatable bonds is 4. The molecule has 0 bridgehead atoms. The number of fused-ring (bicyclic) bond motifs is 7. The molecule has 50 heavy (non-hydrogen) atoms. The Morgan fingerprint density at radius 1 is 0.600 bits per heavy atom. The number of hydrogen-bond donors (Lipinski definition) is 0. The number of benzene rings is 3. The van der Waals surface area contributed by atoms with Gasteiger partial charge in [-0.05, 0) is 83.1 Å². The highest BCUT2D eigenvalue weighted by atomic mass is 14.9. The predicted molar refractivity (Wildman–Crippen MR) is 205 cm³/mol.